The predicted octanol–water partition coefficient (Wildman–Crippen LogP) is 2.25. The van der Waals surface area contributed by atoms with Gasteiger partial charge in [0.15, 0.2) is 0 Å². The molecule has 0 saturated carbocycles. The van der Waals surface area contributed by atoms with Gasteiger partial charge in [-0.1, -0.05) is 53.7 Å². The SMILES string of the molecule is CC(C)(C)c1cccc(OP(O)O)c1C(C)(C)C.OP(O)O.OP(O)O. The van der Waals surface area contributed by atoms with E-state index in [0.29, 0.717) is 5.75 Å². The third kappa shape index (κ3) is 14.1. The Kier molecular flexibility index (Phi) is 13.5. The first-order valence-electron chi connectivity index (χ1n) is 7.23. The Morgan fingerprint density at radius 2 is 1.08 bits per heavy atom. The molecule has 0 aliphatic heterocycles. The van der Waals surface area contributed by atoms with Crippen molar-refractivity contribution in [2.45, 2.75) is 52.4 Å². The van der Waals surface area contributed by atoms with Gasteiger partial charge in [0.25, 0.3) is 0 Å². The van der Waals surface area contributed by atoms with Gasteiger partial charge >= 0.3 is 25.8 Å². The average Bonchev–Trinajstić information content (AvgIpc) is 2.33. The molecule has 1 aromatic rings. The molecule has 9 nitrogen and oxygen atoms in total. The Morgan fingerprint density at radius 3 is 1.35 bits per heavy atom. The lowest BCUT2D eigenvalue weighted by atomic mass is 9.75. The van der Waals surface area contributed by atoms with E-state index >= 15 is 0 Å². The van der Waals surface area contributed by atoms with Crippen molar-refractivity contribution in [3.63, 3.8) is 0 Å². The van der Waals surface area contributed by atoms with Gasteiger partial charge in [-0.25, -0.2) is 0 Å². The fourth-order valence-corrected chi connectivity index (χ4v) is 2.42. The second kappa shape index (κ2) is 12.4. The van der Waals surface area contributed by atoms with E-state index < -0.39 is 25.8 Å². The zero-order valence-electron chi connectivity index (χ0n) is 15.6. The van der Waals surface area contributed by atoms with Crippen molar-refractivity contribution in [1.29, 1.82) is 0 Å². The van der Waals surface area contributed by atoms with Gasteiger partial charge in [0.05, 0.1) is 0 Å². The molecular formula is C14H29O9P3. The van der Waals surface area contributed by atoms with E-state index in [-0.39, 0.29) is 10.8 Å². The van der Waals surface area contributed by atoms with Gasteiger partial charge < -0.3 is 43.7 Å². The van der Waals surface area contributed by atoms with Gasteiger partial charge in [-0.05, 0) is 22.5 Å². The summed E-state index contributed by atoms with van der Waals surface area (Å²) < 4.78 is 5.18. The molecule has 0 unspecified atom stereocenters. The van der Waals surface area contributed by atoms with E-state index in [0.717, 1.165) is 5.56 Å². The van der Waals surface area contributed by atoms with Crippen LogP contribution in [0.4, 0.5) is 0 Å². The van der Waals surface area contributed by atoms with Gasteiger partial charge in [-0.2, -0.15) is 0 Å². The summed E-state index contributed by atoms with van der Waals surface area (Å²) in [6.45, 7) is 12.7. The minimum atomic E-state index is -2.62. The molecule has 1 rings (SSSR count). The molecule has 0 aromatic heterocycles. The Labute approximate surface area is 157 Å². The summed E-state index contributed by atoms with van der Waals surface area (Å²) in [5.41, 5.74) is 2.07. The molecule has 0 atom stereocenters. The van der Waals surface area contributed by atoms with Crippen LogP contribution in [-0.4, -0.2) is 39.1 Å². The summed E-state index contributed by atoms with van der Waals surface area (Å²) in [7, 11) is -7.63. The Balaban J connectivity index is 0. The van der Waals surface area contributed by atoms with Crippen LogP contribution in [0.1, 0.15) is 52.7 Å². The van der Waals surface area contributed by atoms with E-state index in [2.05, 4.69) is 47.6 Å². The molecule has 0 aliphatic rings. The molecule has 12 heteroatoms. The molecule has 0 amide bonds. The molecule has 0 saturated heterocycles. The van der Waals surface area contributed by atoms with E-state index in [1.54, 1.807) is 6.07 Å². The Morgan fingerprint density at radius 1 is 0.692 bits per heavy atom. The van der Waals surface area contributed by atoms with Gasteiger partial charge in [-0.15, -0.1) is 0 Å². The molecule has 0 radical (unpaired) electrons. The Hall–Kier alpha value is -0.0100. The van der Waals surface area contributed by atoms with Gasteiger partial charge in [0.2, 0.25) is 0 Å². The molecular weight excluding hydrogens is 405 g/mol. The van der Waals surface area contributed by atoms with Crippen molar-refractivity contribution in [1.82, 2.24) is 0 Å². The predicted molar refractivity (Wildman–Crippen MR) is 103 cm³/mol. The van der Waals surface area contributed by atoms with E-state index in [9.17, 15) is 0 Å². The molecule has 154 valence electrons. The lowest BCUT2D eigenvalue weighted by Crippen LogP contribution is -2.22. The van der Waals surface area contributed by atoms with E-state index in [4.69, 9.17) is 43.7 Å². The van der Waals surface area contributed by atoms with Gasteiger partial charge in [0.1, 0.15) is 5.75 Å². The summed E-state index contributed by atoms with van der Waals surface area (Å²) in [5.74, 6) is 0.561. The second-order valence-corrected chi connectivity index (χ2v) is 8.82. The summed E-state index contributed by atoms with van der Waals surface area (Å²) in [6.07, 6.45) is 0. The Bertz CT molecular complexity index is 500. The van der Waals surface area contributed by atoms with Crippen LogP contribution in [0, 0.1) is 0 Å². The smallest absolute Gasteiger partial charge is 0.391 e. The number of benzene rings is 1. The third-order valence-corrected chi connectivity index (χ3v) is 3.12. The monoisotopic (exact) mass is 434 g/mol. The highest BCUT2D eigenvalue weighted by Gasteiger charge is 2.29. The van der Waals surface area contributed by atoms with Crippen LogP contribution < -0.4 is 4.52 Å². The van der Waals surface area contributed by atoms with E-state index in [1.165, 1.54) is 5.56 Å². The fraction of sp³-hybridized carbons (Fsp3) is 0.571. The number of rotatable bonds is 2. The van der Waals surface area contributed by atoms with Gasteiger partial charge in [0, 0.05) is 5.56 Å². The van der Waals surface area contributed by atoms with Crippen molar-refractivity contribution in [3.05, 3.63) is 29.3 Å². The first kappa shape index (κ1) is 28.2. The molecule has 0 bridgehead atoms. The lowest BCUT2D eigenvalue weighted by molar-refractivity contribution is 0.366. The van der Waals surface area contributed by atoms with Crippen LogP contribution in [-0.2, 0) is 10.8 Å². The molecule has 8 N–H and O–H groups in total. The van der Waals surface area contributed by atoms with Crippen molar-refractivity contribution >= 4 is 25.8 Å². The minimum Gasteiger partial charge on any atom is -0.427 e. The molecule has 0 spiro atoms. The number of hydrogen-bond donors (Lipinski definition) is 8. The van der Waals surface area contributed by atoms with Crippen LogP contribution in [0.5, 0.6) is 5.75 Å². The largest absolute Gasteiger partial charge is 0.427 e. The molecule has 0 aliphatic carbocycles. The average molecular weight is 434 g/mol. The zero-order chi connectivity index (χ0) is 21.3. The first-order chi connectivity index (χ1) is 11.5. The summed E-state index contributed by atoms with van der Waals surface area (Å²) >= 11 is 0. The summed E-state index contributed by atoms with van der Waals surface area (Å²) in [4.78, 5) is 61.6. The van der Waals surface area contributed by atoms with Crippen LogP contribution in [0.3, 0.4) is 0 Å². The molecule has 1 aromatic carbocycles. The minimum absolute atomic E-state index is 0.0182. The van der Waals surface area contributed by atoms with Crippen LogP contribution in [0.15, 0.2) is 18.2 Å². The fourth-order valence-electron chi connectivity index (χ4n) is 2.09. The summed E-state index contributed by atoms with van der Waals surface area (Å²) in [6, 6.07) is 5.76. The molecule has 0 fully saturated rings. The standard InChI is InChI=1S/C14H23O3P.2H3O3P/c1-13(2,3)10-8-7-9-11(17-18(15)16)12(10)14(4,5)6;2*1-4(2)3/h7-9,15-16H,1-6H3;2*1-3H. The highest BCUT2D eigenvalue weighted by atomic mass is 31.2. The highest BCUT2D eigenvalue weighted by molar-refractivity contribution is 7.39. The van der Waals surface area contributed by atoms with Crippen molar-refractivity contribution in [2.75, 3.05) is 0 Å². The van der Waals surface area contributed by atoms with Crippen molar-refractivity contribution in [2.24, 2.45) is 0 Å². The van der Waals surface area contributed by atoms with Crippen LogP contribution in [0.2, 0.25) is 0 Å². The van der Waals surface area contributed by atoms with Gasteiger partial charge in [-0.3, -0.25) is 0 Å². The number of hydrogen-bond acceptors (Lipinski definition) is 9. The summed E-state index contributed by atoms with van der Waals surface area (Å²) in [5, 5.41) is 0. The van der Waals surface area contributed by atoms with Crippen molar-refractivity contribution < 1.29 is 43.7 Å². The quantitative estimate of drug-likeness (QED) is 0.325. The zero-order valence-corrected chi connectivity index (χ0v) is 18.2. The third-order valence-electron chi connectivity index (χ3n) is 2.76. The topological polar surface area (TPSA) is 171 Å². The van der Waals surface area contributed by atoms with Crippen LogP contribution in [0.25, 0.3) is 0 Å². The van der Waals surface area contributed by atoms with E-state index in [1.807, 2.05) is 6.07 Å². The molecule has 26 heavy (non-hydrogen) atoms. The normalized spacial score (nSPS) is 11.7. The maximum atomic E-state index is 9.09. The maximum absolute atomic E-state index is 9.09. The first-order valence-corrected chi connectivity index (χ1v) is 10.8. The second-order valence-electron chi connectivity index (χ2n) is 7.06. The van der Waals surface area contributed by atoms with Crippen LogP contribution >= 0.6 is 25.8 Å². The highest BCUT2D eigenvalue weighted by Crippen LogP contribution is 2.42. The molecule has 0 heterocycles. The lowest BCUT2D eigenvalue weighted by Gasteiger charge is -2.31. The maximum Gasteiger partial charge on any atom is 0.391 e. The van der Waals surface area contributed by atoms with Crippen molar-refractivity contribution in [3.8, 4) is 5.75 Å².